The van der Waals surface area contributed by atoms with Crippen molar-refractivity contribution in [1.82, 2.24) is 4.98 Å². The second kappa shape index (κ2) is 2.44. The van der Waals surface area contributed by atoms with Gasteiger partial charge in [-0.2, -0.15) is 0 Å². The Bertz CT molecular complexity index is 200. The molecule has 1 aromatic heterocycles. The Labute approximate surface area is 52.7 Å². The van der Waals surface area contributed by atoms with E-state index in [1.807, 2.05) is 0 Å². The molecule has 0 bridgehead atoms. The second-order valence-electron chi connectivity index (χ2n) is 1.53. The first-order chi connectivity index (χ1) is 4.34. The van der Waals surface area contributed by atoms with Crippen molar-refractivity contribution < 1.29 is 4.39 Å². The molecule has 0 fully saturated rings. The minimum atomic E-state index is -0.444. The molecule has 1 radical (unpaired) electrons. The molecule has 2 nitrogen and oxygen atoms in total. The number of nitrogens with one attached hydrogen (secondary N) is 1. The van der Waals surface area contributed by atoms with E-state index >= 15 is 0 Å². The van der Waals surface area contributed by atoms with Gasteiger partial charge in [-0.3, -0.25) is 4.98 Å². The quantitative estimate of drug-likeness (QED) is 0.607. The van der Waals surface area contributed by atoms with Crippen molar-refractivity contribution in [2.75, 3.05) is 12.4 Å². The maximum atomic E-state index is 12.4. The average molecular weight is 125 g/mol. The van der Waals surface area contributed by atoms with E-state index < -0.39 is 5.82 Å². The molecule has 1 heterocycles. The van der Waals surface area contributed by atoms with Crippen molar-refractivity contribution >= 4 is 5.69 Å². The molecule has 0 aliphatic heterocycles. The highest BCUT2D eigenvalue weighted by molar-refractivity contribution is 5.41. The molecule has 0 aromatic carbocycles. The van der Waals surface area contributed by atoms with Gasteiger partial charge in [0.1, 0.15) is 6.20 Å². The van der Waals surface area contributed by atoms with Gasteiger partial charge < -0.3 is 5.32 Å². The highest BCUT2D eigenvalue weighted by Crippen LogP contribution is 2.07. The van der Waals surface area contributed by atoms with Crippen LogP contribution in [-0.2, 0) is 0 Å². The Hall–Kier alpha value is -1.12. The molecular weight excluding hydrogens is 119 g/mol. The van der Waals surface area contributed by atoms with Gasteiger partial charge in [0.25, 0.3) is 0 Å². The summed E-state index contributed by atoms with van der Waals surface area (Å²) in [5.41, 5.74) is 0.421. The molecule has 9 heavy (non-hydrogen) atoms. The van der Waals surface area contributed by atoms with Crippen molar-refractivity contribution in [3.05, 3.63) is 24.3 Å². The molecular formula is C6H6FN2. The van der Waals surface area contributed by atoms with Crippen LogP contribution in [0.4, 0.5) is 10.1 Å². The molecule has 0 aliphatic rings. The summed E-state index contributed by atoms with van der Waals surface area (Å²) < 4.78 is 12.4. The maximum absolute atomic E-state index is 12.4. The summed E-state index contributed by atoms with van der Waals surface area (Å²) in [6.45, 7) is 0. The standard InChI is InChI=1S/C6H6FN2/c1-8-6-2-3-9-4-5(6)7/h2-3H,1H3,(H,8,9). The first-order valence-corrected chi connectivity index (χ1v) is 2.54. The summed E-state index contributed by atoms with van der Waals surface area (Å²) in [6, 6.07) is 1.55. The topological polar surface area (TPSA) is 24.9 Å². The number of aromatic nitrogens is 1. The molecule has 1 rings (SSSR count). The van der Waals surface area contributed by atoms with Gasteiger partial charge in [-0.15, -0.1) is 0 Å². The Balaban J connectivity index is 3.01. The molecule has 0 aliphatic carbocycles. The summed E-state index contributed by atoms with van der Waals surface area (Å²) in [5.74, 6) is -0.444. The summed E-state index contributed by atoms with van der Waals surface area (Å²) in [7, 11) is 1.65. The van der Waals surface area contributed by atoms with Gasteiger partial charge >= 0.3 is 0 Å². The van der Waals surface area contributed by atoms with E-state index in [2.05, 4.69) is 16.5 Å². The first kappa shape index (κ1) is 6.01. The third-order valence-corrected chi connectivity index (χ3v) is 0.984. The van der Waals surface area contributed by atoms with Gasteiger partial charge in [0.15, 0.2) is 5.82 Å². The smallest absolute Gasteiger partial charge is 0.174 e. The Kier molecular flexibility index (Phi) is 1.63. The van der Waals surface area contributed by atoms with Crippen LogP contribution < -0.4 is 5.32 Å². The van der Waals surface area contributed by atoms with E-state index in [0.717, 1.165) is 0 Å². The number of anilines is 1. The SMILES string of the molecule is CNc1ccn[c]c1F. The van der Waals surface area contributed by atoms with Crippen LogP contribution in [0, 0.1) is 12.0 Å². The van der Waals surface area contributed by atoms with E-state index in [4.69, 9.17) is 0 Å². The largest absolute Gasteiger partial charge is 0.386 e. The molecule has 0 amide bonds. The molecule has 1 aromatic rings. The Morgan fingerprint density at radius 3 is 3.00 bits per heavy atom. The summed E-state index contributed by atoms with van der Waals surface area (Å²) in [5, 5.41) is 2.65. The van der Waals surface area contributed by atoms with E-state index in [-0.39, 0.29) is 0 Å². The van der Waals surface area contributed by atoms with E-state index in [9.17, 15) is 4.39 Å². The number of rotatable bonds is 1. The predicted molar refractivity (Wildman–Crippen MR) is 32.6 cm³/mol. The lowest BCUT2D eigenvalue weighted by Gasteiger charge is -1.96. The normalized spacial score (nSPS) is 9.11. The van der Waals surface area contributed by atoms with Crippen LogP contribution >= 0.6 is 0 Å². The van der Waals surface area contributed by atoms with Gasteiger partial charge in [0, 0.05) is 13.2 Å². The zero-order valence-electron chi connectivity index (χ0n) is 4.98. The monoisotopic (exact) mass is 125 g/mol. The fraction of sp³-hybridized carbons (Fsp3) is 0.167. The zero-order valence-corrected chi connectivity index (χ0v) is 4.98. The van der Waals surface area contributed by atoms with Gasteiger partial charge in [0.2, 0.25) is 0 Å². The van der Waals surface area contributed by atoms with Crippen molar-refractivity contribution in [1.29, 1.82) is 0 Å². The van der Waals surface area contributed by atoms with Crippen LogP contribution in [0.5, 0.6) is 0 Å². The fourth-order valence-corrected chi connectivity index (χ4v) is 0.532. The van der Waals surface area contributed by atoms with E-state index in [1.165, 1.54) is 6.20 Å². The number of nitrogens with zero attached hydrogens (tertiary/aromatic N) is 1. The molecule has 0 saturated carbocycles. The molecule has 47 valence electrons. The average Bonchev–Trinajstić information content (AvgIpc) is 1.89. The number of hydrogen-bond acceptors (Lipinski definition) is 2. The number of halogens is 1. The number of hydrogen-bond donors (Lipinski definition) is 1. The van der Waals surface area contributed by atoms with Gasteiger partial charge in [-0.05, 0) is 6.07 Å². The fourth-order valence-electron chi connectivity index (χ4n) is 0.532. The lowest BCUT2D eigenvalue weighted by molar-refractivity contribution is 0.622. The van der Waals surface area contributed by atoms with Crippen LogP contribution in [-0.4, -0.2) is 12.0 Å². The van der Waals surface area contributed by atoms with Crippen LogP contribution in [0.2, 0.25) is 0 Å². The van der Waals surface area contributed by atoms with Crippen LogP contribution in [0.15, 0.2) is 12.3 Å². The first-order valence-electron chi connectivity index (χ1n) is 2.54. The minimum absolute atomic E-state index is 0.421. The van der Waals surface area contributed by atoms with Crippen molar-refractivity contribution in [3.63, 3.8) is 0 Å². The maximum Gasteiger partial charge on any atom is 0.174 e. The van der Waals surface area contributed by atoms with Gasteiger partial charge in [0.05, 0.1) is 5.69 Å². The lowest BCUT2D eigenvalue weighted by Crippen LogP contribution is -1.92. The van der Waals surface area contributed by atoms with Crippen molar-refractivity contribution in [2.45, 2.75) is 0 Å². The van der Waals surface area contributed by atoms with E-state index in [0.29, 0.717) is 5.69 Å². The third kappa shape index (κ3) is 1.16. The molecule has 3 heteroatoms. The Morgan fingerprint density at radius 1 is 1.78 bits per heavy atom. The summed E-state index contributed by atoms with van der Waals surface area (Å²) >= 11 is 0. The second-order valence-corrected chi connectivity index (χ2v) is 1.53. The Morgan fingerprint density at radius 2 is 2.56 bits per heavy atom. The third-order valence-electron chi connectivity index (χ3n) is 0.984. The number of pyridine rings is 1. The van der Waals surface area contributed by atoms with Crippen molar-refractivity contribution in [2.24, 2.45) is 0 Å². The molecule has 0 atom stereocenters. The highest BCUT2D eigenvalue weighted by Gasteiger charge is 1.95. The summed E-state index contributed by atoms with van der Waals surface area (Å²) in [6.07, 6.45) is 3.65. The minimum Gasteiger partial charge on any atom is -0.386 e. The van der Waals surface area contributed by atoms with Crippen LogP contribution in [0.25, 0.3) is 0 Å². The van der Waals surface area contributed by atoms with Gasteiger partial charge in [-0.25, -0.2) is 4.39 Å². The van der Waals surface area contributed by atoms with Crippen molar-refractivity contribution in [3.8, 4) is 0 Å². The predicted octanol–water partition coefficient (Wildman–Crippen LogP) is 1.06. The van der Waals surface area contributed by atoms with Crippen LogP contribution in [0.3, 0.4) is 0 Å². The zero-order chi connectivity index (χ0) is 6.69. The molecule has 0 spiro atoms. The highest BCUT2D eigenvalue weighted by atomic mass is 19.1. The molecule has 1 N–H and O–H groups in total. The summed E-state index contributed by atoms with van der Waals surface area (Å²) in [4.78, 5) is 3.45. The molecule has 0 unspecified atom stereocenters. The molecule has 0 saturated heterocycles. The van der Waals surface area contributed by atoms with Gasteiger partial charge in [-0.1, -0.05) is 0 Å². The van der Waals surface area contributed by atoms with Crippen LogP contribution in [0.1, 0.15) is 0 Å². The lowest BCUT2D eigenvalue weighted by atomic mass is 10.4. The van der Waals surface area contributed by atoms with E-state index in [1.54, 1.807) is 13.1 Å².